The van der Waals surface area contributed by atoms with Crippen molar-refractivity contribution in [3.05, 3.63) is 34.7 Å². The summed E-state index contributed by atoms with van der Waals surface area (Å²) in [5.41, 5.74) is 1.10. The highest BCUT2D eigenvalue weighted by molar-refractivity contribution is 7.21. The highest BCUT2D eigenvalue weighted by Crippen LogP contribution is 2.31. The standard InChI is InChI=1S/C16H19NO2S/c1-10-8-17(9-11(2)19-10)16(18)15-12(3)13-6-4-5-7-14(13)20-15/h4-7,10-11H,8-9H2,1-3H3/t10-,11+. The van der Waals surface area contributed by atoms with Gasteiger partial charge in [-0.1, -0.05) is 18.2 Å². The van der Waals surface area contributed by atoms with Crippen LogP contribution in [0.4, 0.5) is 0 Å². The molecule has 4 heteroatoms. The van der Waals surface area contributed by atoms with Gasteiger partial charge in [-0.25, -0.2) is 0 Å². The lowest BCUT2D eigenvalue weighted by molar-refractivity contribution is -0.0585. The third-order valence-electron chi connectivity index (χ3n) is 3.74. The number of morpholine rings is 1. The molecule has 1 saturated heterocycles. The summed E-state index contributed by atoms with van der Waals surface area (Å²) in [6.45, 7) is 7.44. The van der Waals surface area contributed by atoms with E-state index in [1.54, 1.807) is 11.3 Å². The van der Waals surface area contributed by atoms with Gasteiger partial charge >= 0.3 is 0 Å². The van der Waals surface area contributed by atoms with Crippen LogP contribution >= 0.6 is 11.3 Å². The van der Waals surface area contributed by atoms with Gasteiger partial charge in [-0.15, -0.1) is 11.3 Å². The molecule has 20 heavy (non-hydrogen) atoms. The van der Waals surface area contributed by atoms with Gasteiger partial charge in [0.2, 0.25) is 0 Å². The molecular weight excluding hydrogens is 270 g/mol. The van der Waals surface area contributed by atoms with Gasteiger partial charge in [0, 0.05) is 17.8 Å². The van der Waals surface area contributed by atoms with Gasteiger partial charge in [-0.05, 0) is 37.8 Å². The van der Waals surface area contributed by atoms with Crippen molar-refractivity contribution < 1.29 is 9.53 Å². The highest BCUT2D eigenvalue weighted by Gasteiger charge is 2.28. The van der Waals surface area contributed by atoms with Crippen molar-refractivity contribution in [2.45, 2.75) is 33.0 Å². The first-order valence-corrected chi connectivity index (χ1v) is 7.80. The minimum atomic E-state index is 0.109. The van der Waals surface area contributed by atoms with Crippen molar-refractivity contribution in [1.29, 1.82) is 0 Å². The van der Waals surface area contributed by atoms with E-state index in [9.17, 15) is 4.79 Å². The second-order valence-corrected chi connectivity index (χ2v) is 6.57. The topological polar surface area (TPSA) is 29.5 Å². The van der Waals surface area contributed by atoms with Gasteiger partial charge in [-0.3, -0.25) is 4.79 Å². The molecule has 2 atom stereocenters. The Morgan fingerprint density at radius 1 is 1.25 bits per heavy atom. The summed E-state index contributed by atoms with van der Waals surface area (Å²) in [4.78, 5) is 15.6. The van der Waals surface area contributed by atoms with E-state index < -0.39 is 0 Å². The normalized spacial score (nSPS) is 23.2. The van der Waals surface area contributed by atoms with E-state index in [0.717, 1.165) is 10.4 Å². The SMILES string of the molecule is Cc1c(C(=O)N2C[C@@H](C)O[C@@H](C)C2)sc2ccccc12. The van der Waals surface area contributed by atoms with Crippen LogP contribution in [0.2, 0.25) is 0 Å². The van der Waals surface area contributed by atoms with Crippen molar-refractivity contribution in [3.63, 3.8) is 0 Å². The zero-order valence-electron chi connectivity index (χ0n) is 12.1. The Morgan fingerprint density at radius 3 is 2.55 bits per heavy atom. The number of carbonyl (C=O) groups is 1. The third-order valence-corrected chi connectivity index (χ3v) is 5.01. The summed E-state index contributed by atoms with van der Waals surface area (Å²) in [6.07, 6.45) is 0.217. The van der Waals surface area contributed by atoms with E-state index in [0.29, 0.717) is 13.1 Å². The average Bonchev–Trinajstić information content (AvgIpc) is 2.75. The van der Waals surface area contributed by atoms with Gasteiger partial charge < -0.3 is 9.64 Å². The Balaban J connectivity index is 1.94. The maximum Gasteiger partial charge on any atom is 0.264 e. The Morgan fingerprint density at radius 2 is 1.90 bits per heavy atom. The smallest absolute Gasteiger partial charge is 0.264 e. The van der Waals surface area contributed by atoms with Crippen molar-refractivity contribution in [2.24, 2.45) is 0 Å². The Hall–Kier alpha value is -1.39. The number of hydrogen-bond donors (Lipinski definition) is 0. The van der Waals surface area contributed by atoms with Crippen LogP contribution in [0.1, 0.15) is 29.1 Å². The van der Waals surface area contributed by atoms with Crippen molar-refractivity contribution in [3.8, 4) is 0 Å². The summed E-state index contributed by atoms with van der Waals surface area (Å²) in [6, 6.07) is 8.21. The van der Waals surface area contributed by atoms with Crippen LogP contribution in [-0.2, 0) is 4.74 Å². The number of ether oxygens (including phenoxy) is 1. The third kappa shape index (κ3) is 2.34. The van der Waals surface area contributed by atoms with Gasteiger partial charge in [0.1, 0.15) is 0 Å². The minimum Gasteiger partial charge on any atom is -0.372 e. The molecule has 1 aliphatic rings. The molecule has 3 rings (SSSR count). The van der Waals surface area contributed by atoms with E-state index in [2.05, 4.69) is 12.1 Å². The largest absolute Gasteiger partial charge is 0.372 e. The molecule has 0 bridgehead atoms. The van der Waals surface area contributed by atoms with Crippen LogP contribution in [0.15, 0.2) is 24.3 Å². The number of thiophene rings is 1. The van der Waals surface area contributed by atoms with E-state index in [1.165, 1.54) is 10.1 Å². The van der Waals surface area contributed by atoms with E-state index in [4.69, 9.17) is 4.74 Å². The average molecular weight is 289 g/mol. The summed E-state index contributed by atoms with van der Waals surface area (Å²) < 4.78 is 6.88. The second-order valence-electron chi connectivity index (χ2n) is 5.52. The van der Waals surface area contributed by atoms with Crippen LogP contribution in [0.3, 0.4) is 0 Å². The Labute approximate surface area is 123 Å². The van der Waals surface area contributed by atoms with Gasteiger partial charge in [0.25, 0.3) is 5.91 Å². The van der Waals surface area contributed by atoms with E-state index >= 15 is 0 Å². The molecule has 106 valence electrons. The quantitative estimate of drug-likeness (QED) is 0.804. The minimum absolute atomic E-state index is 0.109. The molecule has 0 aliphatic carbocycles. The zero-order valence-corrected chi connectivity index (χ0v) is 12.9. The van der Waals surface area contributed by atoms with E-state index in [1.807, 2.05) is 37.8 Å². The summed E-state index contributed by atoms with van der Waals surface area (Å²) >= 11 is 1.60. The number of nitrogens with zero attached hydrogens (tertiary/aromatic N) is 1. The first-order chi connectivity index (χ1) is 9.56. The van der Waals surface area contributed by atoms with Crippen molar-refractivity contribution in [2.75, 3.05) is 13.1 Å². The molecular formula is C16H19NO2S. The number of rotatable bonds is 1. The number of carbonyl (C=O) groups excluding carboxylic acids is 1. The zero-order chi connectivity index (χ0) is 14.3. The Kier molecular flexibility index (Phi) is 3.52. The predicted octanol–water partition coefficient (Wildman–Crippen LogP) is 3.46. The predicted molar refractivity (Wildman–Crippen MR) is 82.5 cm³/mol. The molecule has 1 aliphatic heterocycles. The molecule has 1 fully saturated rings. The van der Waals surface area contributed by atoms with Crippen LogP contribution in [0, 0.1) is 6.92 Å². The number of amides is 1. The lowest BCUT2D eigenvalue weighted by Crippen LogP contribution is -2.48. The monoisotopic (exact) mass is 289 g/mol. The first kappa shape index (κ1) is 13.6. The molecule has 2 heterocycles. The van der Waals surface area contributed by atoms with Crippen molar-refractivity contribution in [1.82, 2.24) is 4.90 Å². The van der Waals surface area contributed by atoms with E-state index in [-0.39, 0.29) is 18.1 Å². The number of aryl methyl sites for hydroxylation is 1. The van der Waals surface area contributed by atoms with Crippen LogP contribution in [0.5, 0.6) is 0 Å². The van der Waals surface area contributed by atoms with Gasteiger partial charge in [-0.2, -0.15) is 0 Å². The molecule has 0 spiro atoms. The second kappa shape index (κ2) is 5.19. The molecule has 1 aromatic carbocycles. The molecule has 3 nitrogen and oxygen atoms in total. The molecule has 1 aromatic heterocycles. The Bertz CT molecular complexity index is 639. The maximum absolute atomic E-state index is 12.8. The summed E-state index contributed by atoms with van der Waals surface area (Å²) in [7, 11) is 0. The molecule has 1 amide bonds. The fourth-order valence-corrected chi connectivity index (χ4v) is 4.04. The molecule has 0 unspecified atom stereocenters. The fraction of sp³-hybridized carbons (Fsp3) is 0.438. The van der Waals surface area contributed by atoms with Gasteiger partial charge in [0.05, 0.1) is 17.1 Å². The van der Waals surface area contributed by atoms with Crippen LogP contribution in [0.25, 0.3) is 10.1 Å². The van der Waals surface area contributed by atoms with Crippen molar-refractivity contribution >= 4 is 27.3 Å². The van der Waals surface area contributed by atoms with Crippen LogP contribution in [-0.4, -0.2) is 36.1 Å². The number of fused-ring (bicyclic) bond motifs is 1. The fourth-order valence-electron chi connectivity index (χ4n) is 2.87. The van der Waals surface area contributed by atoms with Gasteiger partial charge in [0.15, 0.2) is 0 Å². The maximum atomic E-state index is 12.8. The lowest BCUT2D eigenvalue weighted by atomic mass is 10.1. The summed E-state index contributed by atoms with van der Waals surface area (Å²) in [5.74, 6) is 0.144. The molecule has 0 radical (unpaired) electrons. The molecule has 0 saturated carbocycles. The molecule has 0 N–H and O–H groups in total. The van der Waals surface area contributed by atoms with Crippen LogP contribution < -0.4 is 0 Å². The highest BCUT2D eigenvalue weighted by atomic mass is 32.1. The first-order valence-electron chi connectivity index (χ1n) is 6.99. The summed E-state index contributed by atoms with van der Waals surface area (Å²) in [5, 5.41) is 1.19. The lowest BCUT2D eigenvalue weighted by Gasteiger charge is -2.35. The number of hydrogen-bond acceptors (Lipinski definition) is 3. The molecule has 2 aromatic rings. The number of benzene rings is 1.